The Balaban J connectivity index is 1.42. The number of piperidine rings is 1. The molecule has 2 aromatic carbocycles. The Hall–Kier alpha value is -2.82. The van der Waals surface area contributed by atoms with Crippen molar-refractivity contribution < 1.29 is 19.1 Å². The zero-order chi connectivity index (χ0) is 20.8. The molecule has 0 saturated carbocycles. The summed E-state index contributed by atoms with van der Waals surface area (Å²) in [6.07, 6.45) is 1.27. The van der Waals surface area contributed by atoms with E-state index < -0.39 is 0 Å². The molecule has 1 aliphatic heterocycles. The first-order valence-electron chi connectivity index (χ1n) is 10.2. The Morgan fingerprint density at radius 3 is 2.17 bits per heavy atom. The van der Waals surface area contributed by atoms with E-state index in [0.29, 0.717) is 32.5 Å². The van der Waals surface area contributed by atoms with Crippen LogP contribution in [-0.4, -0.2) is 43.1 Å². The zero-order valence-electron chi connectivity index (χ0n) is 17.4. The lowest BCUT2D eigenvalue weighted by Crippen LogP contribution is -2.41. The van der Waals surface area contributed by atoms with Crippen LogP contribution in [0.1, 0.15) is 39.9 Å². The maximum absolute atomic E-state index is 12.7. The molecule has 0 aromatic heterocycles. The molecular formula is C24H29NO4. The molecule has 5 heteroatoms. The molecule has 0 aliphatic carbocycles. The van der Waals surface area contributed by atoms with Crippen LogP contribution in [0.2, 0.25) is 0 Å². The van der Waals surface area contributed by atoms with Crippen molar-refractivity contribution in [2.24, 2.45) is 5.92 Å². The number of hydrogen-bond donors (Lipinski definition) is 0. The Kier molecular flexibility index (Phi) is 6.91. The Morgan fingerprint density at radius 1 is 0.897 bits per heavy atom. The Labute approximate surface area is 172 Å². The minimum atomic E-state index is -0.196. The minimum Gasteiger partial charge on any atom is -0.489 e. The number of carbonyl (C=O) groups excluding carboxylic acids is 2. The van der Waals surface area contributed by atoms with E-state index in [4.69, 9.17) is 9.47 Å². The monoisotopic (exact) mass is 395 g/mol. The molecule has 0 radical (unpaired) electrons. The number of carbonyl (C=O) groups is 2. The van der Waals surface area contributed by atoms with E-state index in [1.807, 2.05) is 68.1 Å². The summed E-state index contributed by atoms with van der Waals surface area (Å²) in [5, 5.41) is 0. The number of aryl methyl sites for hydroxylation is 3. The number of amides is 1. The van der Waals surface area contributed by atoms with Crippen LogP contribution in [0.5, 0.6) is 5.75 Å². The first-order chi connectivity index (χ1) is 14.0. The molecule has 1 aliphatic rings. The van der Waals surface area contributed by atoms with Gasteiger partial charge in [0.05, 0.1) is 5.92 Å². The van der Waals surface area contributed by atoms with Crippen LogP contribution in [0.25, 0.3) is 0 Å². The molecular weight excluding hydrogens is 366 g/mol. The topological polar surface area (TPSA) is 55.8 Å². The van der Waals surface area contributed by atoms with Gasteiger partial charge in [-0.3, -0.25) is 9.59 Å². The van der Waals surface area contributed by atoms with Gasteiger partial charge in [0.25, 0.3) is 5.91 Å². The van der Waals surface area contributed by atoms with E-state index in [2.05, 4.69) is 0 Å². The Bertz CT molecular complexity index is 849. The van der Waals surface area contributed by atoms with Gasteiger partial charge >= 0.3 is 5.97 Å². The highest BCUT2D eigenvalue weighted by atomic mass is 16.6. The third kappa shape index (κ3) is 5.17. The molecule has 0 atom stereocenters. The molecule has 29 heavy (non-hydrogen) atoms. The van der Waals surface area contributed by atoms with Crippen LogP contribution < -0.4 is 4.74 Å². The number of benzene rings is 2. The molecule has 154 valence electrons. The van der Waals surface area contributed by atoms with Gasteiger partial charge in [-0.15, -0.1) is 0 Å². The van der Waals surface area contributed by atoms with Crippen molar-refractivity contribution in [1.29, 1.82) is 0 Å². The number of likely N-dealkylation sites (tertiary alicyclic amines) is 1. The first-order valence-corrected chi connectivity index (χ1v) is 10.2. The summed E-state index contributed by atoms with van der Waals surface area (Å²) in [7, 11) is 0. The number of ether oxygens (including phenoxy) is 2. The molecule has 1 saturated heterocycles. The summed E-state index contributed by atoms with van der Waals surface area (Å²) in [6, 6.07) is 13.6. The third-order valence-corrected chi connectivity index (χ3v) is 5.47. The quantitative estimate of drug-likeness (QED) is 0.546. The molecule has 0 bridgehead atoms. The predicted octanol–water partition coefficient (Wildman–Crippen LogP) is 4.09. The van der Waals surface area contributed by atoms with Crippen LogP contribution in [0.3, 0.4) is 0 Å². The molecule has 1 amide bonds. The molecule has 2 aromatic rings. The molecule has 3 rings (SSSR count). The van der Waals surface area contributed by atoms with Crippen LogP contribution in [0, 0.1) is 26.7 Å². The van der Waals surface area contributed by atoms with Crippen molar-refractivity contribution in [3.63, 3.8) is 0 Å². The van der Waals surface area contributed by atoms with Crippen molar-refractivity contribution in [1.82, 2.24) is 4.90 Å². The van der Waals surface area contributed by atoms with Gasteiger partial charge in [-0.25, -0.2) is 0 Å². The zero-order valence-corrected chi connectivity index (χ0v) is 17.4. The highest BCUT2D eigenvalue weighted by molar-refractivity contribution is 5.95. The smallest absolute Gasteiger partial charge is 0.309 e. The second-order valence-electron chi connectivity index (χ2n) is 7.62. The molecule has 0 N–H and O–H groups in total. The minimum absolute atomic E-state index is 0.0388. The molecule has 5 nitrogen and oxygen atoms in total. The number of esters is 1. The fraction of sp³-hybridized carbons (Fsp3) is 0.417. The summed E-state index contributed by atoms with van der Waals surface area (Å²) in [5.41, 5.74) is 3.85. The number of para-hydroxylation sites is 1. The normalized spacial score (nSPS) is 14.5. The average molecular weight is 395 g/mol. The fourth-order valence-corrected chi connectivity index (χ4v) is 3.73. The van der Waals surface area contributed by atoms with E-state index in [-0.39, 0.29) is 24.4 Å². The molecule has 1 heterocycles. The molecule has 0 spiro atoms. The second kappa shape index (κ2) is 9.59. The summed E-state index contributed by atoms with van der Waals surface area (Å²) < 4.78 is 11.2. The SMILES string of the molecule is Cc1ccccc1C(=O)N1CCC(C(=O)OCCOc2c(C)cccc2C)CC1. The van der Waals surface area contributed by atoms with E-state index in [1.165, 1.54) is 0 Å². The molecule has 1 fully saturated rings. The second-order valence-corrected chi connectivity index (χ2v) is 7.62. The van der Waals surface area contributed by atoms with Gasteiger partial charge in [0, 0.05) is 18.7 Å². The first kappa shape index (κ1) is 20.9. The van der Waals surface area contributed by atoms with Crippen molar-refractivity contribution in [2.45, 2.75) is 33.6 Å². The van der Waals surface area contributed by atoms with Gasteiger partial charge in [-0.05, 0) is 56.4 Å². The highest BCUT2D eigenvalue weighted by Gasteiger charge is 2.29. The van der Waals surface area contributed by atoms with E-state index in [9.17, 15) is 9.59 Å². The lowest BCUT2D eigenvalue weighted by atomic mass is 9.96. The van der Waals surface area contributed by atoms with Gasteiger partial charge in [0.15, 0.2) is 0 Å². The van der Waals surface area contributed by atoms with Crippen molar-refractivity contribution in [3.05, 3.63) is 64.7 Å². The van der Waals surface area contributed by atoms with Crippen molar-refractivity contribution in [3.8, 4) is 5.75 Å². The van der Waals surface area contributed by atoms with Gasteiger partial charge in [-0.2, -0.15) is 0 Å². The number of hydrogen-bond acceptors (Lipinski definition) is 4. The van der Waals surface area contributed by atoms with Gasteiger partial charge in [0.1, 0.15) is 19.0 Å². The highest BCUT2D eigenvalue weighted by Crippen LogP contribution is 2.23. The van der Waals surface area contributed by atoms with Crippen LogP contribution >= 0.6 is 0 Å². The maximum atomic E-state index is 12.7. The van der Waals surface area contributed by atoms with Crippen LogP contribution in [0.4, 0.5) is 0 Å². The predicted molar refractivity (Wildman–Crippen MR) is 112 cm³/mol. The van der Waals surface area contributed by atoms with E-state index >= 15 is 0 Å². The lowest BCUT2D eigenvalue weighted by Gasteiger charge is -2.31. The third-order valence-electron chi connectivity index (χ3n) is 5.47. The Morgan fingerprint density at radius 2 is 1.52 bits per heavy atom. The van der Waals surface area contributed by atoms with Gasteiger partial charge in [-0.1, -0.05) is 36.4 Å². The maximum Gasteiger partial charge on any atom is 0.309 e. The van der Waals surface area contributed by atoms with Crippen LogP contribution in [-0.2, 0) is 9.53 Å². The number of rotatable bonds is 6. The average Bonchev–Trinajstić information content (AvgIpc) is 2.72. The fourth-order valence-electron chi connectivity index (χ4n) is 3.73. The summed E-state index contributed by atoms with van der Waals surface area (Å²) >= 11 is 0. The van der Waals surface area contributed by atoms with Gasteiger partial charge in [0.2, 0.25) is 0 Å². The molecule has 0 unspecified atom stereocenters. The summed E-state index contributed by atoms with van der Waals surface area (Å²) in [6.45, 7) is 7.66. The lowest BCUT2D eigenvalue weighted by molar-refractivity contribution is -0.150. The summed E-state index contributed by atoms with van der Waals surface area (Å²) in [4.78, 5) is 26.9. The van der Waals surface area contributed by atoms with Crippen molar-refractivity contribution in [2.75, 3.05) is 26.3 Å². The standard InChI is InChI=1S/C24H29NO4/c1-17-7-4-5-10-21(17)23(26)25-13-11-20(12-14-25)24(27)29-16-15-28-22-18(2)8-6-9-19(22)3/h4-10,20H,11-16H2,1-3H3. The van der Waals surface area contributed by atoms with Crippen LogP contribution in [0.15, 0.2) is 42.5 Å². The largest absolute Gasteiger partial charge is 0.489 e. The van der Waals surface area contributed by atoms with Crippen molar-refractivity contribution >= 4 is 11.9 Å². The van der Waals surface area contributed by atoms with E-state index in [0.717, 1.165) is 28.0 Å². The number of nitrogens with zero attached hydrogens (tertiary/aromatic N) is 1. The summed E-state index contributed by atoms with van der Waals surface area (Å²) in [5.74, 6) is 0.540. The van der Waals surface area contributed by atoms with Gasteiger partial charge < -0.3 is 14.4 Å². The van der Waals surface area contributed by atoms with E-state index in [1.54, 1.807) is 0 Å².